The maximum Gasteiger partial charge on any atom is 0.410 e. The summed E-state index contributed by atoms with van der Waals surface area (Å²) in [4.78, 5) is 68.0. The van der Waals surface area contributed by atoms with Crippen LogP contribution in [-0.2, 0) is 14.2 Å². The first-order valence-electron chi connectivity index (χ1n) is 17.5. The van der Waals surface area contributed by atoms with E-state index in [2.05, 4.69) is 5.32 Å². The number of carbonyl (C=O) groups excluding carboxylic acids is 5. The van der Waals surface area contributed by atoms with Gasteiger partial charge in [0, 0.05) is 12.1 Å². The molecular formula is C39H46N2O12. The predicted octanol–water partition coefficient (Wildman–Crippen LogP) is 5.74. The molecular weight excluding hydrogens is 688 g/mol. The standard InChI is InChI=1S/C39H46N2O12/c1-6-8-17-50-30-20-24(19-29(44)33(30)34(45)32-26(11-10-12-28(32)43)37(48)51-18-9-7-2)36(47)52-31-22-41(38(49)53-39(3,4)5)21-27(31)40-35(46)23-13-15-25(42)16-14-23/h10-16,19-20,27,31,42-44H,6-9,17-18,21-22H2,1-5H3,(H,40,46). The number of rotatable bonds is 14. The highest BCUT2D eigenvalue weighted by molar-refractivity contribution is 6.18. The molecule has 2 unspecified atom stereocenters. The number of aromatic hydroxyl groups is 3. The van der Waals surface area contributed by atoms with Gasteiger partial charge in [-0.3, -0.25) is 9.59 Å². The van der Waals surface area contributed by atoms with Gasteiger partial charge in [-0.25, -0.2) is 14.4 Å². The summed E-state index contributed by atoms with van der Waals surface area (Å²) in [6, 6.07) is 10.7. The van der Waals surface area contributed by atoms with Gasteiger partial charge in [0.25, 0.3) is 5.91 Å². The van der Waals surface area contributed by atoms with E-state index in [9.17, 15) is 39.3 Å². The number of phenolic OH excluding ortho intramolecular Hbond substituents is 3. The monoisotopic (exact) mass is 734 g/mol. The molecule has 53 heavy (non-hydrogen) atoms. The van der Waals surface area contributed by atoms with Crippen molar-refractivity contribution in [3.05, 3.63) is 82.4 Å². The van der Waals surface area contributed by atoms with Crippen LogP contribution in [0.15, 0.2) is 54.6 Å². The van der Waals surface area contributed by atoms with Crippen molar-refractivity contribution in [3.63, 3.8) is 0 Å². The molecule has 4 rings (SSSR count). The summed E-state index contributed by atoms with van der Waals surface area (Å²) < 4.78 is 22.5. The Kier molecular flexibility index (Phi) is 13.3. The highest BCUT2D eigenvalue weighted by Gasteiger charge is 2.41. The summed E-state index contributed by atoms with van der Waals surface area (Å²) in [7, 11) is 0. The largest absolute Gasteiger partial charge is 0.508 e. The molecule has 14 heteroatoms. The molecule has 1 saturated heterocycles. The van der Waals surface area contributed by atoms with Crippen LogP contribution >= 0.6 is 0 Å². The van der Waals surface area contributed by atoms with Crippen molar-refractivity contribution in [2.45, 2.75) is 78.0 Å². The first-order chi connectivity index (χ1) is 25.1. The van der Waals surface area contributed by atoms with Crippen LogP contribution < -0.4 is 10.1 Å². The molecule has 3 aromatic carbocycles. The van der Waals surface area contributed by atoms with Gasteiger partial charge in [0.05, 0.1) is 42.5 Å². The van der Waals surface area contributed by atoms with E-state index in [1.807, 2.05) is 13.8 Å². The zero-order valence-electron chi connectivity index (χ0n) is 30.5. The van der Waals surface area contributed by atoms with E-state index >= 15 is 0 Å². The first kappa shape index (κ1) is 40.0. The minimum absolute atomic E-state index is 0.0368. The lowest BCUT2D eigenvalue weighted by Gasteiger charge is -2.24. The van der Waals surface area contributed by atoms with Gasteiger partial charge in [0.15, 0.2) is 0 Å². The molecule has 1 aliphatic heterocycles. The topological polar surface area (TPSA) is 198 Å². The SMILES string of the molecule is CCCCOC(=O)c1cccc(O)c1C(=O)c1c(O)cc(C(=O)OC2CN(C(=O)OC(C)(C)C)CC2NC(=O)c2ccc(O)cc2)cc1OCCCC. The maximum atomic E-state index is 14.0. The van der Waals surface area contributed by atoms with E-state index in [1.54, 1.807) is 20.8 Å². The summed E-state index contributed by atoms with van der Waals surface area (Å²) in [5, 5.41) is 34.4. The summed E-state index contributed by atoms with van der Waals surface area (Å²) in [6.07, 6.45) is 0.860. The van der Waals surface area contributed by atoms with Gasteiger partial charge in [-0.05, 0) is 82.1 Å². The summed E-state index contributed by atoms with van der Waals surface area (Å²) in [5.74, 6) is -4.77. The lowest BCUT2D eigenvalue weighted by molar-refractivity contribution is 0.0177. The van der Waals surface area contributed by atoms with Gasteiger partial charge in [-0.1, -0.05) is 32.8 Å². The van der Waals surface area contributed by atoms with Crippen LogP contribution in [0, 0.1) is 0 Å². The molecule has 284 valence electrons. The molecule has 14 nitrogen and oxygen atoms in total. The van der Waals surface area contributed by atoms with Crippen LogP contribution in [-0.4, -0.2) is 94.0 Å². The van der Waals surface area contributed by atoms with Crippen LogP contribution in [0.2, 0.25) is 0 Å². The molecule has 0 spiro atoms. The summed E-state index contributed by atoms with van der Waals surface area (Å²) in [5.41, 5.74) is -1.87. The van der Waals surface area contributed by atoms with Crippen molar-refractivity contribution in [2.75, 3.05) is 26.3 Å². The quantitative estimate of drug-likeness (QED) is 0.0679. The number of hydrogen-bond donors (Lipinski definition) is 4. The molecule has 1 heterocycles. The number of amides is 2. The lowest BCUT2D eigenvalue weighted by Crippen LogP contribution is -2.44. The second-order valence-corrected chi connectivity index (χ2v) is 13.5. The average Bonchev–Trinajstić information content (AvgIpc) is 3.49. The Morgan fingerprint density at radius 2 is 1.49 bits per heavy atom. The van der Waals surface area contributed by atoms with Crippen molar-refractivity contribution < 1.29 is 58.2 Å². The Morgan fingerprint density at radius 3 is 2.15 bits per heavy atom. The molecule has 1 fully saturated rings. The fourth-order valence-corrected chi connectivity index (χ4v) is 5.43. The Hall–Kier alpha value is -5.79. The van der Waals surface area contributed by atoms with Crippen LogP contribution in [0.25, 0.3) is 0 Å². The third-order valence-corrected chi connectivity index (χ3v) is 8.14. The number of unbranched alkanes of at least 4 members (excludes halogenated alkanes) is 2. The molecule has 0 aliphatic carbocycles. The highest BCUT2D eigenvalue weighted by atomic mass is 16.6. The molecule has 4 N–H and O–H groups in total. The number of ether oxygens (including phenoxy) is 4. The van der Waals surface area contributed by atoms with Crippen LogP contribution in [0.4, 0.5) is 4.79 Å². The van der Waals surface area contributed by atoms with Crippen molar-refractivity contribution in [1.82, 2.24) is 10.2 Å². The van der Waals surface area contributed by atoms with Gasteiger partial charge in [0.2, 0.25) is 5.78 Å². The Labute approximate surface area is 307 Å². The van der Waals surface area contributed by atoms with E-state index in [0.29, 0.717) is 12.8 Å². The zero-order valence-corrected chi connectivity index (χ0v) is 30.5. The molecule has 0 bridgehead atoms. The van der Waals surface area contributed by atoms with E-state index in [4.69, 9.17) is 18.9 Å². The zero-order chi connectivity index (χ0) is 38.9. The highest BCUT2D eigenvalue weighted by Crippen LogP contribution is 2.36. The minimum Gasteiger partial charge on any atom is -0.508 e. The van der Waals surface area contributed by atoms with E-state index in [-0.39, 0.29) is 54.5 Å². The molecule has 0 saturated carbocycles. The maximum absolute atomic E-state index is 14.0. The van der Waals surface area contributed by atoms with Crippen LogP contribution in [0.3, 0.4) is 0 Å². The third-order valence-electron chi connectivity index (χ3n) is 8.14. The summed E-state index contributed by atoms with van der Waals surface area (Å²) in [6.45, 7) is 8.91. The third kappa shape index (κ3) is 10.4. The Bertz CT molecular complexity index is 1820. The Balaban J connectivity index is 1.66. The smallest absolute Gasteiger partial charge is 0.410 e. The van der Waals surface area contributed by atoms with E-state index in [0.717, 1.165) is 18.9 Å². The number of nitrogens with one attached hydrogen (secondary N) is 1. The summed E-state index contributed by atoms with van der Waals surface area (Å²) >= 11 is 0. The van der Waals surface area contributed by atoms with Gasteiger partial charge >= 0.3 is 18.0 Å². The number of likely N-dealkylation sites (tertiary alicyclic amines) is 1. The fourth-order valence-electron chi connectivity index (χ4n) is 5.43. The molecule has 0 aromatic heterocycles. The number of nitrogens with zero attached hydrogens (tertiary/aromatic N) is 1. The van der Waals surface area contributed by atoms with Crippen molar-refractivity contribution in [2.24, 2.45) is 0 Å². The molecule has 3 aromatic rings. The molecule has 1 aliphatic rings. The molecule has 2 amide bonds. The van der Waals surface area contributed by atoms with Gasteiger partial charge < -0.3 is 44.5 Å². The van der Waals surface area contributed by atoms with E-state index < -0.39 is 70.1 Å². The number of phenols is 3. The first-order valence-corrected chi connectivity index (χ1v) is 17.5. The Morgan fingerprint density at radius 1 is 0.811 bits per heavy atom. The normalized spacial score (nSPS) is 15.4. The van der Waals surface area contributed by atoms with Crippen LogP contribution in [0.5, 0.6) is 23.0 Å². The fraction of sp³-hybridized carbons (Fsp3) is 0.410. The minimum atomic E-state index is -1.08. The van der Waals surface area contributed by atoms with Gasteiger partial charge in [-0.2, -0.15) is 0 Å². The number of hydrogen-bond acceptors (Lipinski definition) is 12. The number of benzene rings is 3. The molecule has 2 atom stereocenters. The second kappa shape index (κ2) is 17.6. The van der Waals surface area contributed by atoms with Crippen molar-refractivity contribution >= 4 is 29.7 Å². The molecule has 0 radical (unpaired) electrons. The second-order valence-electron chi connectivity index (χ2n) is 13.5. The number of ketones is 1. The van der Waals surface area contributed by atoms with Crippen molar-refractivity contribution in [1.29, 1.82) is 0 Å². The van der Waals surface area contributed by atoms with Crippen LogP contribution in [0.1, 0.15) is 107 Å². The number of carbonyl (C=O) groups is 5. The van der Waals surface area contributed by atoms with Gasteiger partial charge in [0.1, 0.15) is 40.3 Å². The average molecular weight is 735 g/mol. The lowest BCUT2D eigenvalue weighted by atomic mass is 9.95. The number of esters is 2. The van der Waals surface area contributed by atoms with Gasteiger partial charge in [-0.15, -0.1) is 0 Å². The predicted molar refractivity (Wildman–Crippen MR) is 192 cm³/mol. The van der Waals surface area contributed by atoms with E-state index in [1.165, 1.54) is 53.4 Å². The van der Waals surface area contributed by atoms with Crippen molar-refractivity contribution in [3.8, 4) is 23.0 Å².